The molecule has 1 heterocycles. The highest BCUT2D eigenvalue weighted by molar-refractivity contribution is 7.98. The predicted octanol–water partition coefficient (Wildman–Crippen LogP) is 0.112. The number of esters is 1. The molecular formula is C8H13N3O3S. The Morgan fingerprint density at radius 3 is 2.93 bits per heavy atom. The van der Waals surface area contributed by atoms with Gasteiger partial charge in [0.2, 0.25) is 0 Å². The molecule has 84 valence electrons. The van der Waals surface area contributed by atoms with E-state index < -0.39 is 12.0 Å². The van der Waals surface area contributed by atoms with E-state index in [-0.39, 0.29) is 0 Å². The Labute approximate surface area is 91.5 Å². The zero-order valence-corrected chi connectivity index (χ0v) is 9.41. The lowest BCUT2D eigenvalue weighted by molar-refractivity contribution is -0.141. The Morgan fingerprint density at radius 2 is 2.40 bits per heavy atom. The Morgan fingerprint density at radius 1 is 1.67 bits per heavy atom. The summed E-state index contributed by atoms with van der Waals surface area (Å²) in [5.41, 5.74) is 7.08. The predicted molar refractivity (Wildman–Crippen MR) is 55.2 cm³/mol. The van der Waals surface area contributed by atoms with E-state index in [0.717, 1.165) is 11.4 Å². The van der Waals surface area contributed by atoms with Gasteiger partial charge in [0.1, 0.15) is 17.4 Å². The van der Waals surface area contributed by atoms with E-state index in [2.05, 4.69) is 19.7 Å². The highest BCUT2D eigenvalue weighted by Gasteiger charge is 2.14. The van der Waals surface area contributed by atoms with Gasteiger partial charge < -0.3 is 10.5 Å². The molecular weight excluding hydrogens is 218 g/mol. The van der Waals surface area contributed by atoms with Gasteiger partial charge in [-0.15, -0.1) is 0 Å². The summed E-state index contributed by atoms with van der Waals surface area (Å²) in [4.78, 5) is 11.0. The summed E-state index contributed by atoms with van der Waals surface area (Å²) in [7, 11) is 1.32. The third-order valence-electron chi connectivity index (χ3n) is 1.79. The number of hydrogen-bond acceptors (Lipinski definition) is 7. The number of carbonyl (C=O) groups excluding carboxylic acids is 1. The van der Waals surface area contributed by atoms with Gasteiger partial charge in [-0.1, -0.05) is 10.3 Å². The van der Waals surface area contributed by atoms with Gasteiger partial charge in [0.25, 0.3) is 0 Å². The lowest BCUT2D eigenvalue weighted by Gasteiger charge is -2.07. The Kier molecular flexibility index (Phi) is 4.57. The number of aryl methyl sites for hydroxylation is 1. The number of thioether (sulfide) groups is 1. The van der Waals surface area contributed by atoms with Gasteiger partial charge in [-0.3, -0.25) is 4.79 Å². The van der Waals surface area contributed by atoms with Gasteiger partial charge in [0, 0.05) is 11.5 Å². The number of carbonyl (C=O) groups is 1. The third kappa shape index (κ3) is 3.52. The van der Waals surface area contributed by atoms with Gasteiger partial charge in [-0.25, -0.2) is 4.63 Å². The van der Waals surface area contributed by atoms with Crippen molar-refractivity contribution in [3.63, 3.8) is 0 Å². The molecule has 2 N–H and O–H groups in total. The molecule has 0 aromatic carbocycles. The summed E-state index contributed by atoms with van der Waals surface area (Å²) in [5, 5.41) is 7.36. The molecule has 7 heteroatoms. The maximum atomic E-state index is 11.0. The summed E-state index contributed by atoms with van der Waals surface area (Å²) in [6.45, 7) is 1.81. The molecule has 1 aromatic rings. The van der Waals surface area contributed by atoms with Crippen LogP contribution in [-0.2, 0) is 15.3 Å². The van der Waals surface area contributed by atoms with Crippen LogP contribution in [0.2, 0.25) is 0 Å². The number of nitrogens with zero attached hydrogens (tertiary/aromatic N) is 2. The van der Waals surface area contributed by atoms with Crippen molar-refractivity contribution in [3.8, 4) is 0 Å². The van der Waals surface area contributed by atoms with Crippen LogP contribution in [0.5, 0.6) is 0 Å². The fourth-order valence-electron chi connectivity index (χ4n) is 0.882. The van der Waals surface area contributed by atoms with Crippen molar-refractivity contribution >= 4 is 17.7 Å². The van der Waals surface area contributed by atoms with E-state index in [4.69, 9.17) is 5.73 Å². The first-order valence-corrected chi connectivity index (χ1v) is 5.49. The molecule has 0 aliphatic rings. The van der Waals surface area contributed by atoms with E-state index in [1.54, 1.807) is 0 Å². The standard InChI is InChI=1S/C8H13N3O3S/c1-5-7(11-14-10-5)4-15-3-6(9)8(12)13-2/h6H,3-4,9H2,1-2H3. The fourth-order valence-corrected chi connectivity index (χ4v) is 1.85. The zero-order valence-electron chi connectivity index (χ0n) is 8.60. The minimum absolute atomic E-state index is 0.405. The van der Waals surface area contributed by atoms with Crippen LogP contribution in [0.1, 0.15) is 11.4 Å². The Bertz CT molecular complexity index is 329. The van der Waals surface area contributed by atoms with E-state index in [1.165, 1.54) is 18.9 Å². The number of methoxy groups -OCH3 is 1. The molecule has 6 nitrogen and oxygen atoms in total. The average molecular weight is 231 g/mol. The molecule has 0 amide bonds. The van der Waals surface area contributed by atoms with Gasteiger partial charge in [0.05, 0.1) is 7.11 Å². The first-order valence-electron chi connectivity index (χ1n) is 4.34. The fraction of sp³-hybridized carbons (Fsp3) is 0.625. The maximum Gasteiger partial charge on any atom is 0.323 e. The minimum atomic E-state index is -0.597. The van der Waals surface area contributed by atoms with Crippen LogP contribution in [-0.4, -0.2) is 35.2 Å². The quantitative estimate of drug-likeness (QED) is 0.719. The summed E-state index contributed by atoms with van der Waals surface area (Å²) in [5.74, 6) is 0.705. The van der Waals surface area contributed by atoms with Crippen molar-refractivity contribution < 1.29 is 14.2 Å². The number of nitrogens with two attached hydrogens (primary N) is 1. The first kappa shape index (κ1) is 12.0. The number of hydrogen-bond donors (Lipinski definition) is 1. The van der Waals surface area contributed by atoms with Crippen molar-refractivity contribution in [2.45, 2.75) is 18.7 Å². The van der Waals surface area contributed by atoms with Gasteiger partial charge in [-0.2, -0.15) is 11.8 Å². The minimum Gasteiger partial charge on any atom is -0.468 e. The van der Waals surface area contributed by atoms with Crippen molar-refractivity contribution in [1.29, 1.82) is 0 Å². The molecule has 0 aliphatic carbocycles. The molecule has 0 saturated heterocycles. The molecule has 0 bridgehead atoms. The second kappa shape index (κ2) is 5.72. The van der Waals surface area contributed by atoms with Gasteiger partial charge >= 0.3 is 5.97 Å². The lowest BCUT2D eigenvalue weighted by Crippen LogP contribution is -2.33. The van der Waals surface area contributed by atoms with E-state index in [9.17, 15) is 4.79 Å². The van der Waals surface area contributed by atoms with Crippen molar-refractivity contribution in [3.05, 3.63) is 11.4 Å². The SMILES string of the molecule is COC(=O)C(N)CSCc1nonc1C. The molecule has 1 atom stereocenters. The zero-order chi connectivity index (χ0) is 11.3. The normalized spacial score (nSPS) is 12.5. The summed E-state index contributed by atoms with van der Waals surface area (Å²) in [6, 6.07) is -0.597. The molecule has 0 fully saturated rings. The summed E-state index contributed by atoms with van der Waals surface area (Å²) >= 11 is 1.49. The van der Waals surface area contributed by atoms with Crippen molar-refractivity contribution in [2.75, 3.05) is 12.9 Å². The molecule has 1 rings (SSSR count). The third-order valence-corrected chi connectivity index (χ3v) is 2.86. The monoisotopic (exact) mass is 231 g/mol. The molecule has 1 unspecified atom stereocenters. The van der Waals surface area contributed by atoms with Crippen LogP contribution < -0.4 is 5.73 Å². The van der Waals surface area contributed by atoms with Gasteiger partial charge in [0.15, 0.2) is 0 Å². The van der Waals surface area contributed by atoms with Crippen LogP contribution in [0.15, 0.2) is 4.63 Å². The largest absolute Gasteiger partial charge is 0.468 e. The smallest absolute Gasteiger partial charge is 0.323 e. The molecule has 0 spiro atoms. The van der Waals surface area contributed by atoms with E-state index >= 15 is 0 Å². The highest BCUT2D eigenvalue weighted by atomic mass is 32.2. The molecule has 1 aromatic heterocycles. The summed E-state index contributed by atoms with van der Waals surface area (Å²) in [6.07, 6.45) is 0. The second-order valence-corrected chi connectivity index (χ2v) is 3.97. The van der Waals surface area contributed by atoms with E-state index in [1.807, 2.05) is 6.92 Å². The first-order chi connectivity index (χ1) is 7.15. The van der Waals surface area contributed by atoms with Gasteiger partial charge in [-0.05, 0) is 6.92 Å². The van der Waals surface area contributed by atoms with E-state index in [0.29, 0.717) is 11.5 Å². The number of ether oxygens (including phenoxy) is 1. The molecule has 0 radical (unpaired) electrons. The Hall–Kier alpha value is -1.08. The summed E-state index contributed by atoms with van der Waals surface area (Å²) < 4.78 is 9.03. The Balaban J connectivity index is 2.28. The number of aromatic nitrogens is 2. The van der Waals surface area contributed by atoms with Crippen LogP contribution in [0, 0.1) is 6.92 Å². The second-order valence-electron chi connectivity index (χ2n) is 2.94. The van der Waals surface area contributed by atoms with Crippen LogP contribution in [0.4, 0.5) is 0 Å². The topological polar surface area (TPSA) is 91.2 Å². The molecule has 0 aliphatic heterocycles. The van der Waals surface area contributed by atoms with Crippen LogP contribution >= 0.6 is 11.8 Å². The maximum absolute atomic E-state index is 11.0. The number of rotatable bonds is 5. The average Bonchev–Trinajstić information content (AvgIpc) is 2.63. The van der Waals surface area contributed by atoms with Crippen molar-refractivity contribution in [2.24, 2.45) is 5.73 Å². The lowest BCUT2D eigenvalue weighted by atomic mass is 10.4. The molecule has 15 heavy (non-hydrogen) atoms. The highest BCUT2D eigenvalue weighted by Crippen LogP contribution is 2.13. The van der Waals surface area contributed by atoms with Crippen molar-refractivity contribution in [1.82, 2.24) is 10.3 Å². The molecule has 0 saturated carbocycles. The van der Waals surface area contributed by atoms with Crippen LogP contribution in [0.3, 0.4) is 0 Å². The van der Waals surface area contributed by atoms with Crippen LogP contribution in [0.25, 0.3) is 0 Å².